The van der Waals surface area contributed by atoms with Gasteiger partial charge < -0.3 is 14.4 Å². The number of carbonyl (C=O) groups excluding carboxylic acids is 2. The molecule has 0 spiro atoms. The molecule has 0 unspecified atom stereocenters. The minimum atomic E-state index is -4.12. The number of hydrogen-bond donors (Lipinski definition) is 1. The molecule has 0 saturated heterocycles. The molecule has 0 radical (unpaired) electrons. The third kappa shape index (κ3) is 6.89. The summed E-state index contributed by atoms with van der Waals surface area (Å²) >= 11 is 0. The van der Waals surface area contributed by atoms with Crippen molar-refractivity contribution in [3.63, 3.8) is 0 Å². The van der Waals surface area contributed by atoms with Crippen molar-refractivity contribution in [2.45, 2.75) is 44.7 Å². The molecular weight excluding hydrogens is 471 g/mol. The number of nitrogens with one attached hydrogen (secondary N) is 1. The van der Waals surface area contributed by atoms with Crippen LogP contribution in [0.4, 0.5) is 10.1 Å². The van der Waals surface area contributed by atoms with Gasteiger partial charge in [0.1, 0.15) is 16.5 Å². The Morgan fingerprint density at radius 3 is 2.34 bits per heavy atom. The minimum absolute atomic E-state index is 0.0699. The monoisotopic (exact) mass is 498 g/mol. The Hall–Kier alpha value is -3.72. The van der Waals surface area contributed by atoms with Gasteiger partial charge in [-0.05, 0) is 73.5 Å². The third-order valence-corrected chi connectivity index (χ3v) is 6.64. The first-order valence-corrected chi connectivity index (χ1v) is 12.5. The van der Waals surface area contributed by atoms with E-state index in [1.807, 2.05) is 13.8 Å². The molecular formula is C26H27FN2O5S. The van der Waals surface area contributed by atoms with Gasteiger partial charge in [0.2, 0.25) is 5.91 Å². The van der Waals surface area contributed by atoms with Crippen LogP contribution in [-0.4, -0.2) is 31.2 Å². The third-order valence-electron chi connectivity index (χ3n) is 5.38. The van der Waals surface area contributed by atoms with E-state index >= 15 is 0 Å². The fourth-order valence-electron chi connectivity index (χ4n) is 3.41. The molecule has 0 aliphatic carbocycles. The molecule has 3 aromatic rings. The van der Waals surface area contributed by atoms with Crippen molar-refractivity contribution < 1.29 is 26.6 Å². The summed E-state index contributed by atoms with van der Waals surface area (Å²) in [5.74, 6) is -0.991. The Morgan fingerprint density at radius 2 is 1.71 bits per heavy atom. The van der Waals surface area contributed by atoms with Crippen molar-refractivity contribution in [3.8, 4) is 5.75 Å². The highest BCUT2D eigenvalue weighted by molar-refractivity contribution is 7.87. The van der Waals surface area contributed by atoms with Crippen LogP contribution in [0.5, 0.6) is 5.75 Å². The Labute approximate surface area is 204 Å². The average Bonchev–Trinajstić information content (AvgIpc) is 2.81. The molecule has 0 bridgehead atoms. The highest BCUT2D eigenvalue weighted by Crippen LogP contribution is 2.23. The lowest BCUT2D eigenvalue weighted by Gasteiger charge is -2.29. The van der Waals surface area contributed by atoms with E-state index in [2.05, 4.69) is 5.32 Å². The lowest BCUT2D eigenvalue weighted by atomic mass is 10.1. The van der Waals surface area contributed by atoms with E-state index in [-0.39, 0.29) is 40.6 Å². The number of rotatable bonds is 9. The van der Waals surface area contributed by atoms with Gasteiger partial charge in [0, 0.05) is 30.8 Å². The van der Waals surface area contributed by atoms with Crippen LogP contribution in [0.2, 0.25) is 0 Å². The number of nitrogens with zero attached hydrogens (tertiary/aromatic N) is 1. The summed E-state index contributed by atoms with van der Waals surface area (Å²) in [6.07, 6.45) is 0.681. The topological polar surface area (TPSA) is 92.8 Å². The molecule has 184 valence electrons. The zero-order valence-corrected chi connectivity index (χ0v) is 20.5. The normalized spacial score (nSPS) is 12.0. The number of hydrogen-bond acceptors (Lipinski definition) is 5. The summed E-state index contributed by atoms with van der Waals surface area (Å²) in [5.41, 5.74) is 1.36. The summed E-state index contributed by atoms with van der Waals surface area (Å²) in [5, 5.41) is 2.57. The van der Waals surface area contributed by atoms with Crippen LogP contribution < -0.4 is 9.50 Å². The summed E-state index contributed by atoms with van der Waals surface area (Å²) in [6, 6.07) is 17.5. The van der Waals surface area contributed by atoms with Gasteiger partial charge in [-0.15, -0.1) is 0 Å². The van der Waals surface area contributed by atoms with Crippen LogP contribution in [0.3, 0.4) is 0 Å². The first-order chi connectivity index (χ1) is 16.6. The van der Waals surface area contributed by atoms with E-state index in [9.17, 15) is 22.4 Å². The molecule has 0 heterocycles. The van der Waals surface area contributed by atoms with E-state index in [1.54, 1.807) is 29.2 Å². The van der Waals surface area contributed by atoms with E-state index < -0.39 is 15.9 Å². The molecule has 0 saturated carbocycles. The number of amides is 2. The molecule has 3 rings (SSSR count). The highest BCUT2D eigenvalue weighted by atomic mass is 32.2. The Balaban J connectivity index is 1.80. The molecule has 9 heteroatoms. The van der Waals surface area contributed by atoms with Crippen molar-refractivity contribution in [2.75, 3.05) is 5.32 Å². The summed E-state index contributed by atoms with van der Waals surface area (Å²) in [6.45, 7) is 5.38. The summed E-state index contributed by atoms with van der Waals surface area (Å²) in [7, 11) is -4.12. The van der Waals surface area contributed by atoms with Crippen LogP contribution in [0.25, 0.3) is 0 Å². The van der Waals surface area contributed by atoms with Gasteiger partial charge in [-0.25, -0.2) is 4.39 Å². The maximum Gasteiger partial charge on any atom is 0.339 e. The van der Waals surface area contributed by atoms with Crippen LogP contribution in [0.15, 0.2) is 77.7 Å². The quantitative estimate of drug-likeness (QED) is 0.420. The fraction of sp³-hybridized carbons (Fsp3) is 0.231. The smallest absolute Gasteiger partial charge is 0.339 e. The van der Waals surface area contributed by atoms with Crippen molar-refractivity contribution in [1.29, 1.82) is 0 Å². The number of halogens is 1. The second-order valence-corrected chi connectivity index (χ2v) is 9.64. The van der Waals surface area contributed by atoms with Crippen molar-refractivity contribution >= 4 is 27.6 Å². The van der Waals surface area contributed by atoms with E-state index in [1.165, 1.54) is 55.5 Å². The van der Waals surface area contributed by atoms with Crippen LogP contribution in [-0.2, 0) is 21.5 Å². The second-order valence-electron chi connectivity index (χ2n) is 8.09. The maximum atomic E-state index is 13.7. The first-order valence-electron chi connectivity index (χ1n) is 11.1. The van der Waals surface area contributed by atoms with Gasteiger partial charge in [-0.2, -0.15) is 8.42 Å². The lowest BCUT2D eigenvalue weighted by Crippen LogP contribution is -2.37. The average molecular weight is 499 g/mol. The van der Waals surface area contributed by atoms with E-state index in [0.29, 0.717) is 17.7 Å². The largest absolute Gasteiger partial charge is 0.379 e. The van der Waals surface area contributed by atoms with Gasteiger partial charge in [0.25, 0.3) is 5.91 Å². The van der Waals surface area contributed by atoms with Crippen LogP contribution in [0.1, 0.15) is 43.1 Å². The SMILES string of the molecule is CC[C@@H](C)N(Cc1cccc(OS(=O)(=O)c2ccc(NC(C)=O)cc2)c1)C(=O)c1cccc(F)c1. The van der Waals surface area contributed by atoms with Gasteiger partial charge in [0.15, 0.2) is 0 Å². The predicted octanol–water partition coefficient (Wildman–Crippen LogP) is 4.99. The molecule has 1 atom stereocenters. The predicted molar refractivity (Wildman–Crippen MR) is 131 cm³/mol. The van der Waals surface area contributed by atoms with Gasteiger partial charge in [0.05, 0.1) is 0 Å². The summed E-state index contributed by atoms with van der Waals surface area (Å²) in [4.78, 5) is 25.8. The molecule has 2 amide bonds. The Kier molecular flexibility index (Phi) is 8.24. The molecule has 3 aromatic carbocycles. The highest BCUT2D eigenvalue weighted by Gasteiger charge is 2.22. The van der Waals surface area contributed by atoms with E-state index in [4.69, 9.17) is 4.18 Å². The van der Waals surface area contributed by atoms with E-state index in [0.717, 1.165) is 0 Å². The van der Waals surface area contributed by atoms with Crippen molar-refractivity contribution in [3.05, 3.63) is 89.7 Å². The molecule has 7 nitrogen and oxygen atoms in total. The zero-order chi connectivity index (χ0) is 25.6. The van der Waals surface area contributed by atoms with Gasteiger partial charge >= 0.3 is 10.1 Å². The lowest BCUT2D eigenvalue weighted by molar-refractivity contribution is -0.114. The van der Waals surface area contributed by atoms with Gasteiger partial charge in [-0.1, -0.05) is 25.1 Å². The summed E-state index contributed by atoms with van der Waals surface area (Å²) < 4.78 is 44.5. The zero-order valence-electron chi connectivity index (χ0n) is 19.7. The molecule has 1 N–H and O–H groups in total. The maximum absolute atomic E-state index is 13.7. The fourth-order valence-corrected chi connectivity index (χ4v) is 4.33. The number of benzene rings is 3. The molecule has 0 aliphatic heterocycles. The second kappa shape index (κ2) is 11.1. The number of carbonyl (C=O) groups is 2. The van der Waals surface area contributed by atoms with Gasteiger partial charge in [-0.3, -0.25) is 9.59 Å². The standard InChI is InChI=1S/C26H27FN2O5S/c1-4-18(2)29(26(31)21-8-6-9-22(27)16-21)17-20-7-5-10-24(15-20)34-35(32,33)25-13-11-23(12-14-25)28-19(3)30/h5-16,18H,4,17H2,1-3H3,(H,28,30)/t18-/m1/s1. The minimum Gasteiger partial charge on any atom is -0.379 e. The first kappa shape index (κ1) is 25.9. The molecule has 35 heavy (non-hydrogen) atoms. The molecule has 0 aliphatic rings. The van der Waals surface area contributed by atoms with Crippen molar-refractivity contribution in [1.82, 2.24) is 4.90 Å². The molecule has 0 fully saturated rings. The number of anilines is 1. The van der Waals surface area contributed by atoms with Crippen LogP contribution >= 0.6 is 0 Å². The molecule has 0 aromatic heterocycles. The van der Waals surface area contributed by atoms with Crippen LogP contribution in [0, 0.1) is 5.82 Å². The Bertz CT molecular complexity index is 1310. The van der Waals surface area contributed by atoms with Crippen molar-refractivity contribution in [2.24, 2.45) is 0 Å². The Morgan fingerprint density at radius 1 is 1.03 bits per heavy atom.